The number of para-hydroxylation sites is 7. The Bertz CT molecular complexity index is 8130. The van der Waals surface area contributed by atoms with E-state index in [1.54, 1.807) is 0 Å². The first-order valence-electron chi connectivity index (χ1n) is 44.3. The number of nitrogens with zero attached hydrogens (tertiary/aromatic N) is 4. The fourth-order valence-corrected chi connectivity index (χ4v) is 22.4. The molecule has 27 rings (SSSR count). The van der Waals surface area contributed by atoms with Crippen LogP contribution in [0.4, 0.5) is 68.2 Å². The zero-order valence-electron chi connectivity index (χ0n) is 69.9. The van der Waals surface area contributed by atoms with Crippen molar-refractivity contribution in [1.82, 2.24) is 0 Å². The minimum Gasteiger partial charge on any atom is -0.454 e. The standard InChI is InChI=1S/C122H76N4O3/c1-4-29-77(30-5-1)85-70-86(84-62-68-111-117(76-84)128-115-56-28-50-106-119(115)126(111)109-53-24-21-48-104(109)122(106)101-45-18-12-40-95(101)96-41-13-19-46-102(96)122)72-91(71-85)123(88-35-8-3-9-36-88)89-63-57-78(58-64-89)81-33-26-34-82(69-81)87-73-98-97-42-15-25-54-113(97)129-120(98)112(74-87)124(107-51-22-14-37-92(107)80-31-6-2-7-32-80)90-65-59-79(60-66-90)83-61-67-110-116(75-83)127-114-55-27-49-105-118(114)125(110)108-52-23-20-47-103(108)121(105)99-43-16-10-38-93(99)94-39-11-17-44-100(94)121/h1-76H. The highest BCUT2D eigenvalue weighted by atomic mass is 16.5. The van der Waals surface area contributed by atoms with Gasteiger partial charge in [-0.15, -0.1) is 0 Å². The predicted octanol–water partition coefficient (Wildman–Crippen LogP) is 33.0. The van der Waals surface area contributed by atoms with E-state index in [2.05, 4.69) is 481 Å². The molecule has 602 valence electrons. The van der Waals surface area contributed by atoms with E-state index >= 15 is 0 Å². The molecule has 129 heavy (non-hydrogen) atoms. The molecule has 21 aromatic rings. The molecule has 5 heterocycles. The fourth-order valence-electron chi connectivity index (χ4n) is 22.4. The van der Waals surface area contributed by atoms with E-state index in [9.17, 15) is 0 Å². The van der Waals surface area contributed by atoms with E-state index in [0.717, 1.165) is 180 Å². The average molecular weight is 1650 g/mol. The summed E-state index contributed by atoms with van der Waals surface area (Å²) in [4.78, 5) is 9.68. The first-order chi connectivity index (χ1) is 64.0. The molecule has 0 fully saturated rings. The Balaban J connectivity index is 0.543. The molecule has 0 N–H and O–H groups in total. The predicted molar refractivity (Wildman–Crippen MR) is 527 cm³/mol. The van der Waals surface area contributed by atoms with Crippen LogP contribution in [0.5, 0.6) is 23.0 Å². The van der Waals surface area contributed by atoms with Gasteiger partial charge in [-0.25, -0.2) is 0 Å². The van der Waals surface area contributed by atoms with Crippen molar-refractivity contribution in [2.75, 3.05) is 19.6 Å². The van der Waals surface area contributed by atoms with E-state index in [0.29, 0.717) is 0 Å². The number of anilines is 12. The largest absolute Gasteiger partial charge is 0.454 e. The molecule has 0 amide bonds. The first-order valence-corrected chi connectivity index (χ1v) is 44.3. The number of hydrogen-bond acceptors (Lipinski definition) is 7. The molecule has 4 aliphatic heterocycles. The molecule has 6 aliphatic rings. The summed E-state index contributed by atoms with van der Waals surface area (Å²) in [6.45, 7) is 0. The minimum atomic E-state index is -0.547. The van der Waals surface area contributed by atoms with Gasteiger partial charge < -0.3 is 33.5 Å². The Morgan fingerprint density at radius 2 is 0.566 bits per heavy atom. The maximum Gasteiger partial charge on any atom is 0.159 e. The number of benzene rings is 20. The van der Waals surface area contributed by atoms with Crippen molar-refractivity contribution < 1.29 is 13.9 Å². The number of fused-ring (bicyclic) bond motifs is 25. The smallest absolute Gasteiger partial charge is 0.159 e. The first kappa shape index (κ1) is 72.5. The Kier molecular flexibility index (Phi) is 15.9. The molecule has 2 spiro atoms. The van der Waals surface area contributed by atoms with Crippen LogP contribution in [0.1, 0.15) is 44.5 Å². The molecule has 1 aromatic heterocycles. The van der Waals surface area contributed by atoms with Crippen LogP contribution < -0.4 is 29.1 Å². The Morgan fingerprint density at radius 3 is 1.12 bits per heavy atom. The third-order valence-electron chi connectivity index (χ3n) is 27.8. The molecule has 0 saturated heterocycles. The highest BCUT2D eigenvalue weighted by Crippen LogP contribution is 2.70. The van der Waals surface area contributed by atoms with E-state index in [4.69, 9.17) is 13.9 Å². The SMILES string of the molecule is c1ccc(-c2cc(-c3ccc4c(c3)Oc3cccc5c3N4c3ccccc3C53c4ccccc4-c4ccccc43)cc(N(c3ccccc3)c3ccc(-c4cccc(-c5cc(N(c6ccc(-c7ccc8c(c7)Oc7cccc9c7N8c7ccccc7C97c8ccccc8-c8ccccc87)cc6)c6ccccc6-c6ccccc6)c6oc7ccccc7c6c5)c4)cc3)c2)cc1. The number of hydrogen-bond donors (Lipinski definition) is 0. The lowest BCUT2D eigenvalue weighted by Crippen LogP contribution is -2.37. The van der Waals surface area contributed by atoms with Gasteiger partial charge in [0.05, 0.1) is 56.3 Å². The monoisotopic (exact) mass is 1640 g/mol. The highest BCUT2D eigenvalue weighted by Gasteiger charge is 2.55. The van der Waals surface area contributed by atoms with E-state index in [1.165, 1.54) is 66.8 Å². The molecule has 0 radical (unpaired) electrons. The molecule has 7 nitrogen and oxygen atoms in total. The lowest BCUT2D eigenvalue weighted by Gasteiger charge is -2.47. The summed E-state index contributed by atoms with van der Waals surface area (Å²) >= 11 is 0. The second-order valence-electron chi connectivity index (χ2n) is 34.4. The van der Waals surface area contributed by atoms with Crippen LogP contribution in [0, 0.1) is 0 Å². The van der Waals surface area contributed by atoms with Crippen molar-refractivity contribution in [3.05, 3.63) is 506 Å². The van der Waals surface area contributed by atoms with Gasteiger partial charge in [-0.2, -0.15) is 0 Å². The zero-order valence-corrected chi connectivity index (χ0v) is 69.9. The summed E-state index contributed by atoms with van der Waals surface area (Å²) in [7, 11) is 0. The summed E-state index contributed by atoms with van der Waals surface area (Å²) in [5.41, 5.74) is 40.9. The highest BCUT2D eigenvalue weighted by molar-refractivity contribution is 6.13. The number of rotatable bonds is 12. The van der Waals surface area contributed by atoms with Gasteiger partial charge in [0.15, 0.2) is 28.6 Å². The average Bonchev–Trinajstić information content (AvgIpc) is 1.56. The number of furan rings is 1. The molecule has 0 bridgehead atoms. The summed E-state index contributed by atoms with van der Waals surface area (Å²) in [5.74, 6) is 3.25. The Labute approximate surface area is 747 Å². The lowest BCUT2D eigenvalue weighted by molar-refractivity contribution is 0.473. The van der Waals surface area contributed by atoms with Crippen molar-refractivity contribution in [2.24, 2.45) is 0 Å². The van der Waals surface area contributed by atoms with Gasteiger partial charge >= 0.3 is 0 Å². The van der Waals surface area contributed by atoms with Crippen molar-refractivity contribution in [3.63, 3.8) is 0 Å². The quantitative estimate of drug-likeness (QED) is 0.121. The van der Waals surface area contributed by atoms with Crippen molar-refractivity contribution in [3.8, 4) is 112 Å². The Morgan fingerprint density at radius 1 is 0.194 bits per heavy atom. The second kappa shape index (κ2) is 28.3. The van der Waals surface area contributed by atoms with Gasteiger partial charge in [0.1, 0.15) is 5.58 Å². The minimum absolute atomic E-state index is 0.540. The molecule has 0 atom stereocenters. The molecule has 20 aromatic carbocycles. The van der Waals surface area contributed by atoms with Crippen LogP contribution >= 0.6 is 0 Å². The van der Waals surface area contributed by atoms with Crippen molar-refractivity contribution in [1.29, 1.82) is 0 Å². The van der Waals surface area contributed by atoms with Crippen LogP contribution in [-0.2, 0) is 10.8 Å². The molecule has 0 unspecified atom stereocenters. The molecule has 2 aliphatic carbocycles. The van der Waals surface area contributed by atoms with Gasteiger partial charge in [0, 0.05) is 39.1 Å². The van der Waals surface area contributed by atoms with Crippen molar-refractivity contribution >= 4 is 90.2 Å². The van der Waals surface area contributed by atoms with Crippen LogP contribution in [0.15, 0.2) is 465 Å². The summed E-state index contributed by atoms with van der Waals surface area (Å²) in [5, 5.41) is 2.06. The van der Waals surface area contributed by atoms with E-state index in [1.807, 2.05) is 0 Å². The zero-order chi connectivity index (χ0) is 84.6. The molecular weight excluding hydrogens is 1570 g/mol. The maximum atomic E-state index is 7.29. The third kappa shape index (κ3) is 10.7. The van der Waals surface area contributed by atoms with Crippen LogP contribution in [0.3, 0.4) is 0 Å². The van der Waals surface area contributed by atoms with Gasteiger partial charge in [-0.1, -0.05) is 328 Å². The fraction of sp³-hybridized carbons (Fsp3) is 0.0164. The molecule has 7 heteroatoms. The van der Waals surface area contributed by atoms with Crippen LogP contribution in [0.2, 0.25) is 0 Å². The lowest BCUT2D eigenvalue weighted by atomic mass is 9.64. The van der Waals surface area contributed by atoms with Gasteiger partial charge in [0.25, 0.3) is 0 Å². The Hall–Kier alpha value is -17.0. The van der Waals surface area contributed by atoms with Gasteiger partial charge in [0.2, 0.25) is 0 Å². The van der Waals surface area contributed by atoms with Crippen LogP contribution in [-0.4, -0.2) is 0 Å². The number of ether oxygens (including phenoxy) is 2. The normalized spacial score (nSPS) is 13.5. The van der Waals surface area contributed by atoms with Crippen LogP contribution in [0.25, 0.3) is 111 Å². The topological polar surface area (TPSA) is 44.6 Å². The van der Waals surface area contributed by atoms with E-state index in [-0.39, 0.29) is 0 Å². The van der Waals surface area contributed by atoms with Gasteiger partial charge in [-0.3, -0.25) is 0 Å². The molecule has 0 saturated carbocycles. The third-order valence-corrected chi connectivity index (χ3v) is 27.8. The summed E-state index contributed by atoms with van der Waals surface area (Å²) in [6.07, 6.45) is 0. The maximum absolute atomic E-state index is 7.29. The molecular formula is C122H76N4O3. The summed E-state index contributed by atoms with van der Waals surface area (Å²) in [6, 6.07) is 169. The van der Waals surface area contributed by atoms with Gasteiger partial charge in [-0.05, 0) is 261 Å². The van der Waals surface area contributed by atoms with Crippen molar-refractivity contribution in [2.45, 2.75) is 10.8 Å². The summed E-state index contributed by atoms with van der Waals surface area (Å²) < 4.78 is 21.7. The second-order valence-corrected chi connectivity index (χ2v) is 34.4. The van der Waals surface area contributed by atoms with E-state index < -0.39 is 10.8 Å².